The predicted molar refractivity (Wildman–Crippen MR) is 76.7 cm³/mol. The Hall–Kier alpha value is -1.09. The van der Waals surface area contributed by atoms with Crippen LogP contribution in [0.2, 0.25) is 0 Å². The highest BCUT2D eigenvalue weighted by molar-refractivity contribution is 5.48. The van der Waals surface area contributed by atoms with Gasteiger partial charge in [0.25, 0.3) is 0 Å². The summed E-state index contributed by atoms with van der Waals surface area (Å²) in [5.74, 6) is 1.80. The van der Waals surface area contributed by atoms with Crippen LogP contribution in [0.1, 0.15) is 51.1 Å². The Morgan fingerprint density at radius 3 is 2.78 bits per heavy atom. The van der Waals surface area contributed by atoms with Gasteiger partial charge in [-0.25, -0.2) is 4.98 Å². The fourth-order valence-corrected chi connectivity index (χ4v) is 3.09. The zero-order chi connectivity index (χ0) is 13.1. The van der Waals surface area contributed by atoms with Gasteiger partial charge in [0.05, 0.1) is 0 Å². The van der Waals surface area contributed by atoms with Gasteiger partial charge >= 0.3 is 0 Å². The number of nitrogens with zero attached hydrogens (tertiary/aromatic N) is 2. The van der Waals surface area contributed by atoms with Gasteiger partial charge in [-0.2, -0.15) is 0 Å². The lowest BCUT2D eigenvalue weighted by Gasteiger charge is -2.38. The van der Waals surface area contributed by atoms with E-state index >= 15 is 0 Å². The molecule has 3 nitrogen and oxygen atoms in total. The molecule has 0 spiro atoms. The van der Waals surface area contributed by atoms with E-state index in [2.05, 4.69) is 29.9 Å². The summed E-state index contributed by atoms with van der Waals surface area (Å²) in [7, 11) is 2.17. The number of rotatable bonds is 3. The lowest BCUT2D eigenvalue weighted by atomic mass is 9.85. The lowest BCUT2D eigenvalue weighted by molar-refractivity contribution is 0.320. The molecular weight excluding hydrogens is 222 g/mol. The molecule has 1 aliphatic carbocycles. The van der Waals surface area contributed by atoms with Gasteiger partial charge in [-0.15, -0.1) is 0 Å². The van der Waals surface area contributed by atoms with Crippen molar-refractivity contribution in [2.24, 2.45) is 11.7 Å². The molecule has 1 fully saturated rings. The molecule has 1 aliphatic rings. The molecule has 0 saturated heterocycles. The summed E-state index contributed by atoms with van der Waals surface area (Å²) in [6, 6.07) is 4.71. The first-order valence-electron chi connectivity index (χ1n) is 7.04. The van der Waals surface area contributed by atoms with Gasteiger partial charge < -0.3 is 10.6 Å². The average Bonchev–Trinajstić information content (AvgIpc) is 2.38. The lowest BCUT2D eigenvalue weighted by Crippen LogP contribution is -2.40. The number of hydrogen-bond acceptors (Lipinski definition) is 3. The fourth-order valence-electron chi connectivity index (χ4n) is 3.09. The number of anilines is 1. The van der Waals surface area contributed by atoms with Crippen LogP contribution < -0.4 is 10.6 Å². The quantitative estimate of drug-likeness (QED) is 0.892. The minimum atomic E-state index is 0.0371. The molecule has 0 aromatic carbocycles. The number of nitrogens with two attached hydrogens (primary N) is 1. The third-order valence-corrected chi connectivity index (χ3v) is 4.21. The first kappa shape index (κ1) is 13.3. The third kappa shape index (κ3) is 2.66. The molecular formula is C15H25N3. The maximum atomic E-state index is 6.05. The Morgan fingerprint density at radius 2 is 2.11 bits per heavy atom. The number of pyridine rings is 1. The molecule has 2 unspecified atom stereocenters. The van der Waals surface area contributed by atoms with Gasteiger partial charge in [0.2, 0.25) is 0 Å². The molecule has 2 N–H and O–H groups in total. The Morgan fingerprint density at radius 1 is 1.39 bits per heavy atom. The molecule has 3 heteroatoms. The third-order valence-electron chi connectivity index (χ3n) is 4.21. The van der Waals surface area contributed by atoms with Gasteiger partial charge in [-0.05, 0) is 31.7 Å². The molecule has 100 valence electrons. The van der Waals surface area contributed by atoms with E-state index in [4.69, 9.17) is 5.73 Å². The molecule has 1 saturated carbocycles. The van der Waals surface area contributed by atoms with E-state index in [1.807, 2.05) is 19.2 Å². The van der Waals surface area contributed by atoms with Crippen molar-refractivity contribution in [3.8, 4) is 0 Å². The second kappa shape index (κ2) is 5.70. The van der Waals surface area contributed by atoms with Crippen molar-refractivity contribution >= 4 is 5.82 Å². The summed E-state index contributed by atoms with van der Waals surface area (Å²) in [5.41, 5.74) is 7.20. The molecule has 2 rings (SSSR count). The van der Waals surface area contributed by atoms with E-state index in [0.29, 0.717) is 6.04 Å². The van der Waals surface area contributed by atoms with Crippen LogP contribution in [0.15, 0.2) is 18.3 Å². The maximum Gasteiger partial charge on any atom is 0.133 e. The van der Waals surface area contributed by atoms with Crippen LogP contribution in [0.5, 0.6) is 0 Å². The molecule has 1 heterocycles. The highest BCUT2D eigenvalue weighted by Gasteiger charge is 2.27. The molecule has 0 amide bonds. The van der Waals surface area contributed by atoms with E-state index in [-0.39, 0.29) is 6.04 Å². The molecule has 1 aromatic heterocycles. The summed E-state index contributed by atoms with van der Waals surface area (Å²) in [4.78, 5) is 6.91. The predicted octanol–water partition coefficient (Wildman–Crippen LogP) is 3.12. The van der Waals surface area contributed by atoms with E-state index in [0.717, 1.165) is 17.3 Å². The van der Waals surface area contributed by atoms with E-state index in [1.165, 1.54) is 25.7 Å². The van der Waals surface area contributed by atoms with Crippen molar-refractivity contribution in [2.75, 3.05) is 11.9 Å². The highest BCUT2D eigenvalue weighted by atomic mass is 15.2. The second-order valence-electron chi connectivity index (χ2n) is 5.64. The van der Waals surface area contributed by atoms with Crippen LogP contribution in [0.3, 0.4) is 0 Å². The first-order chi connectivity index (χ1) is 8.61. The molecule has 0 bridgehead atoms. The van der Waals surface area contributed by atoms with E-state index < -0.39 is 0 Å². The Balaban J connectivity index is 2.24. The molecule has 0 radical (unpaired) electrons. The van der Waals surface area contributed by atoms with Gasteiger partial charge in [-0.3, -0.25) is 0 Å². The maximum absolute atomic E-state index is 6.05. The van der Waals surface area contributed by atoms with Crippen molar-refractivity contribution in [2.45, 2.75) is 51.6 Å². The molecule has 0 aliphatic heterocycles. The second-order valence-corrected chi connectivity index (χ2v) is 5.64. The summed E-state index contributed by atoms with van der Waals surface area (Å²) in [6.45, 7) is 4.38. The van der Waals surface area contributed by atoms with E-state index in [9.17, 15) is 0 Å². The number of hydrogen-bond donors (Lipinski definition) is 1. The Kier molecular flexibility index (Phi) is 4.23. The van der Waals surface area contributed by atoms with Crippen molar-refractivity contribution in [1.82, 2.24) is 4.98 Å². The minimum absolute atomic E-state index is 0.0371. The zero-order valence-corrected chi connectivity index (χ0v) is 11.8. The molecule has 1 aromatic rings. The van der Waals surface area contributed by atoms with Crippen molar-refractivity contribution < 1.29 is 0 Å². The van der Waals surface area contributed by atoms with Crippen LogP contribution in [0.25, 0.3) is 0 Å². The van der Waals surface area contributed by atoms with Gasteiger partial charge in [0.15, 0.2) is 0 Å². The average molecular weight is 247 g/mol. The SMILES string of the molecule is CC1CCCCC1N(C)c1ncccc1[C@@H](C)N. The Bertz CT molecular complexity index is 389. The van der Waals surface area contributed by atoms with Crippen LogP contribution in [-0.4, -0.2) is 18.1 Å². The van der Waals surface area contributed by atoms with Gasteiger partial charge in [-0.1, -0.05) is 25.8 Å². The van der Waals surface area contributed by atoms with Crippen molar-refractivity contribution in [3.63, 3.8) is 0 Å². The van der Waals surface area contributed by atoms with Crippen molar-refractivity contribution in [1.29, 1.82) is 0 Å². The van der Waals surface area contributed by atoms with Crippen LogP contribution >= 0.6 is 0 Å². The summed E-state index contributed by atoms with van der Waals surface area (Å²) in [5, 5.41) is 0. The minimum Gasteiger partial charge on any atom is -0.356 e. The van der Waals surface area contributed by atoms with Gasteiger partial charge in [0, 0.05) is 30.9 Å². The van der Waals surface area contributed by atoms with Crippen molar-refractivity contribution in [3.05, 3.63) is 23.9 Å². The first-order valence-corrected chi connectivity index (χ1v) is 7.04. The normalized spacial score (nSPS) is 25.8. The standard InChI is InChI=1S/C15H25N3/c1-11-7-4-5-9-14(11)18(3)15-13(12(2)16)8-6-10-17-15/h6,8,10-12,14H,4-5,7,9,16H2,1-3H3/t11?,12-,14?/m1/s1. The van der Waals surface area contributed by atoms with Gasteiger partial charge in [0.1, 0.15) is 5.82 Å². The summed E-state index contributed by atoms with van der Waals surface area (Å²) < 4.78 is 0. The van der Waals surface area contributed by atoms with E-state index in [1.54, 1.807) is 0 Å². The summed E-state index contributed by atoms with van der Waals surface area (Å²) >= 11 is 0. The highest BCUT2D eigenvalue weighted by Crippen LogP contribution is 2.32. The van der Waals surface area contributed by atoms with Crippen LogP contribution in [0.4, 0.5) is 5.82 Å². The van der Waals surface area contributed by atoms with Crippen LogP contribution in [0, 0.1) is 5.92 Å². The monoisotopic (exact) mass is 247 g/mol. The zero-order valence-electron chi connectivity index (χ0n) is 11.8. The molecule has 3 atom stereocenters. The van der Waals surface area contributed by atoms with Crippen LogP contribution in [-0.2, 0) is 0 Å². The fraction of sp³-hybridized carbons (Fsp3) is 0.667. The number of aromatic nitrogens is 1. The molecule has 18 heavy (non-hydrogen) atoms. The smallest absolute Gasteiger partial charge is 0.133 e. The topological polar surface area (TPSA) is 42.2 Å². The Labute approximate surface area is 110 Å². The summed E-state index contributed by atoms with van der Waals surface area (Å²) in [6.07, 6.45) is 7.17. The largest absolute Gasteiger partial charge is 0.356 e.